The highest BCUT2D eigenvalue weighted by atomic mass is 35.5. The van der Waals surface area contributed by atoms with E-state index in [0.717, 1.165) is 38.4 Å². The molecule has 6 heteroatoms. The molecule has 0 aliphatic heterocycles. The first kappa shape index (κ1) is 19.5. The molecule has 6 aromatic rings. The molecule has 0 bridgehead atoms. The third-order valence-electron chi connectivity index (χ3n) is 5.77. The summed E-state index contributed by atoms with van der Waals surface area (Å²) in [5.74, 6) is 0.378. The largest absolute Gasteiger partial charge is 0.382 e. The maximum atomic E-state index is 6.56. The van der Waals surface area contributed by atoms with Crippen molar-refractivity contribution in [1.82, 2.24) is 20.2 Å². The van der Waals surface area contributed by atoms with Crippen molar-refractivity contribution in [3.05, 3.63) is 96.1 Å². The maximum Gasteiger partial charge on any atom is 0.150 e. The Balaban J connectivity index is 1.62. The summed E-state index contributed by atoms with van der Waals surface area (Å²) in [6, 6.07) is 28.2. The van der Waals surface area contributed by atoms with Crippen LogP contribution in [0.25, 0.3) is 55.4 Å². The molecule has 158 valence electrons. The molecule has 0 atom stereocenters. The summed E-state index contributed by atoms with van der Waals surface area (Å²) in [6.45, 7) is 0. The van der Waals surface area contributed by atoms with Crippen molar-refractivity contribution in [3.8, 4) is 33.8 Å². The number of rotatable bonds is 3. The number of hydrogen-bond acceptors (Lipinski definition) is 4. The lowest BCUT2D eigenvalue weighted by Crippen LogP contribution is -2.03. The number of nitrogen functional groups attached to an aromatic ring is 1. The predicted octanol–water partition coefficient (Wildman–Crippen LogP) is 6.74. The van der Waals surface area contributed by atoms with Crippen LogP contribution in [0.3, 0.4) is 0 Å². The summed E-state index contributed by atoms with van der Waals surface area (Å²) in [4.78, 5) is 9.87. The van der Waals surface area contributed by atoms with Gasteiger partial charge in [0.05, 0.1) is 28.1 Å². The van der Waals surface area contributed by atoms with Crippen LogP contribution in [-0.4, -0.2) is 20.2 Å². The van der Waals surface area contributed by atoms with E-state index in [4.69, 9.17) is 27.3 Å². The number of aromatic amines is 1. The second kappa shape index (κ2) is 7.73. The lowest BCUT2D eigenvalue weighted by atomic mass is 10.0. The van der Waals surface area contributed by atoms with Gasteiger partial charge >= 0.3 is 0 Å². The van der Waals surface area contributed by atoms with Crippen molar-refractivity contribution < 1.29 is 0 Å². The van der Waals surface area contributed by atoms with E-state index in [1.807, 2.05) is 60.7 Å². The highest BCUT2D eigenvalue weighted by Gasteiger charge is 2.18. The summed E-state index contributed by atoms with van der Waals surface area (Å²) in [5, 5.41) is 10.8. The fraction of sp³-hybridized carbons (Fsp3) is 0. The van der Waals surface area contributed by atoms with Gasteiger partial charge in [-0.25, -0.2) is 9.97 Å². The van der Waals surface area contributed by atoms with E-state index in [1.54, 1.807) is 6.20 Å². The number of nitrogens with one attached hydrogen (secondary N) is 1. The quantitative estimate of drug-likeness (QED) is 0.314. The van der Waals surface area contributed by atoms with Crippen molar-refractivity contribution >= 4 is 39.1 Å². The van der Waals surface area contributed by atoms with Crippen LogP contribution >= 0.6 is 11.6 Å². The molecule has 5 nitrogen and oxygen atoms in total. The zero-order valence-electron chi connectivity index (χ0n) is 17.5. The number of halogens is 1. The predicted molar refractivity (Wildman–Crippen MR) is 135 cm³/mol. The summed E-state index contributed by atoms with van der Waals surface area (Å²) in [5.41, 5.74) is 12.0. The number of nitrogens with two attached hydrogens (primary N) is 1. The average Bonchev–Trinajstić information content (AvgIpc) is 3.33. The number of aromatic nitrogens is 4. The lowest BCUT2D eigenvalue weighted by Gasteiger charge is -2.14. The molecule has 0 aliphatic rings. The van der Waals surface area contributed by atoms with Crippen molar-refractivity contribution in [2.45, 2.75) is 0 Å². The van der Waals surface area contributed by atoms with Crippen LogP contribution in [0.2, 0.25) is 5.02 Å². The summed E-state index contributed by atoms with van der Waals surface area (Å²) >= 11 is 6.56. The number of fused-ring (bicyclic) bond motifs is 2. The van der Waals surface area contributed by atoms with Gasteiger partial charge in [-0.2, -0.15) is 5.10 Å². The molecule has 33 heavy (non-hydrogen) atoms. The maximum absolute atomic E-state index is 6.56. The van der Waals surface area contributed by atoms with Gasteiger partial charge in [0.15, 0.2) is 5.82 Å². The van der Waals surface area contributed by atoms with Crippen LogP contribution in [0.4, 0.5) is 5.82 Å². The molecule has 3 N–H and O–H groups in total. The Hall–Kier alpha value is -4.22. The van der Waals surface area contributed by atoms with Gasteiger partial charge in [-0.3, -0.25) is 5.10 Å². The van der Waals surface area contributed by atoms with Gasteiger partial charge < -0.3 is 5.73 Å². The normalized spacial score (nSPS) is 11.3. The number of anilines is 1. The summed E-state index contributed by atoms with van der Waals surface area (Å²) in [6.07, 6.45) is 1.75. The summed E-state index contributed by atoms with van der Waals surface area (Å²) in [7, 11) is 0. The first-order valence-electron chi connectivity index (χ1n) is 10.5. The minimum atomic E-state index is 0.378. The van der Waals surface area contributed by atoms with E-state index in [-0.39, 0.29) is 0 Å². The monoisotopic (exact) mass is 447 g/mol. The van der Waals surface area contributed by atoms with Crippen molar-refractivity contribution in [2.75, 3.05) is 5.73 Å². The zero-order chi connectivity index (χ0) is 22.4. The highest BCUT2D eigenvalue weighted by molar-refractivity contribution is 6.35. The second-order valence-electron chi connectivity index (χ2n) is 7.87. The van der Waals surface area contributed by atoms with Gasteiger partial charge in [0.25, 0.3) is 0 Å². The topological polar surface area (TPSA) is 80.5 Å². The fourth-order valence-corrected chi connectivity index (χ4v) is 4.42. The van der Waals surface area contributed by atoms with Gasteiger partial charge in [0.1, 0.15) is 5.69 Å². The van der Waals surface area contributed by atoms with Crippen LogP contribution in [-0.2, 0) is 0 Å². The Morgan fingerprint density at radius 2 is 1.36 bits per heavy atom. The molecule has 0 saturated heterocycles. The van der Waals surface area contributed by atoms with Gasteiger partial charge in [-0.1, -0.05) is 78.3 Å². The molecular formula is C27H18ClN5. The van der Waals surface area contributed by atoms with Crippen LogP contribution in [0, 0.1) is 0 Å². The van der Waals surface area contributed by atoms with Gasteiger partial charge in [0, 0.05) is 22.1 Å². The molecule has 0 saturated carbocycles. The van der Waals surface area contributed by atoms with Crippen molar-refractivity contribution in [2.24, 2.45) is 0 Å². The standard InChI is InChI=1S/C27H18ClN5/c28-22-14-20(13-21-15-30-33-23(21)22)25-24(17-7-2-1-3-8-17)32-27(29)26(31-25)19-11-10-16-6-4-5-9-18(16)12-19/h1-15H,(H2,29,32)(H,30,33). The van der Waals surface area contributed by atoms with Crippen LogP contribution in [0.1, 0.15) is 0 Å². The van der Waals surface area contributed by atoms with E-state index >= 15 is 0 Å². The molecule has 0 amide bonds. The van der Waals surface area contributed by atoms with Gasteiger partial charge in [0.2, 0.25) is 0 Å². The van der Waals surface area contributed by atoms with Crippen molar-refractivity contribution in [3.63, 3.8) is 0 Å². The van der Waals surface area contributed by atoms with Gasteiger partial charge in [-0.05, 0) is 29.0 Å². The smallest absolute Gasteiger partial charge is 0.150 e. The SMILES string of the molecule is Nc1nc(-c2ccccc2)c(-c2cc(Cl)c3[nH]ncc3c2)nc1-c1ccc2ccccc2c1. The Bertz CT molecular complexity index is 1640. The molecule has 0 aliphatic carbocycles. The molecule has 0 fully saturated rings. The third-order valence-corrected chi connectivity index (χ3v) is 6.07. The van der Waals surface area contributed by atoms with E-state index in [1.165, 1.54) is 0 Å². The molecular weight excluding hydrogens is 430 g/mol. The third kappa shape index (κ3) is 3.39. The first-order chi connectivity index (χ1) is 16.2. The average molecular weight is 448 g/mol. The molecule has 0 spiro atoms. The minimum absolute atomic E-state index is 0.378. The van der Waals surface area contributed by atoms with Crippen LogP contribution in [0.15, 0.2) is 91.1 Å². The minimum Gasteiger partial charge on any atom is -0.382 e. The van der Waals surface area contributed by atoms with E-state index < -0.39 is 0 Å². The Labute approximate surface area is 194 Å². The number of nitrogens with zero attached hydrogens (tertiary/aromatic N) is 3. The molecule has 2 aromatic heterocycles. The molecule has 4 aromatic carbocycles. The molecule has 0 unspecified atom stereocenters. The van der Waals surface area contributed by atoms with E-state index in [9.17, 15) is 0 Å². The first-order valence-corrected chi connectivity index (χ1v) is 10.9. The fourth-order valence-electron chi connectivity index (χ4n) is 4.15. The Morgan fingerprint density at radius 3 is 2.21 bits per heavy atom. The number of H-pyrrole nitrogens is 1. The highest BCUT2D eigenvalue weighted by Crippen LogP contribution is 2.37. The molecule has 2 heterocycles. The van der Waals surface area contributed by atoms with E-state index in [0.29, 0.717) is 27.9 Å². The van der Waals surface area contributed by atoms with E-state index in [2.05, 4.69) is 34.5 Å². The lowest BCUT2D eigenvalue weighted by molar-refractivity contribution is 1.12. The Morgan fingerprint density at radius 1 is 0.636 bits per heavy atom. The molecule has 0 radical (unpaired) electrons. The van der Waals surface area contributed by atoms with Crippen LogP contribution in [0.5, 0.6) is 0 Å². The van der Waals surface area contributed by atoms with Gasteiger partial charge in [-0.15, -0.1) is 0 Å². The Kier molecular flexibility index (Phi) is 4.56. The second-order valence-corrected chi connectivity index (χ2v) is 8.28. The number of hydrogen-bond donors (Lipinski definition) is 2. The van der Waals surface area contributed by atoms with Crippen molar-refractivity contribution in [1.29, 1.82) is 0 Å². The van der Waals surface area contributed by atoms with Crippen LogP contribution < -0.4 is 5.73 Å². The zero-order valence-corrected chi connectivity index (χ0v) is 18.2. The summed E-state index contributed by atoms with van der Waals surface area (Å²) < 4.78 is 0. The number of benzene rings is 4. The molecule has 6 rings (SSSR count).